The maximum Gasteiger partial charge on any atom is 0.255 e. The normalized spacial score (nSPS) is 9.55. The lowest BCUT2D eigenvalue weighted by atomic mass is 10.1. The van der Waals surface area contributed by atoms with Crippen molar-refractivity contribution in [2.75, 3.05) is 5.32 Å². The van der Waals surface area contributed by atoms with E-state index in [0.29, 0.717) is 29.9 Å². The summed E-state index contributed by atoms with van der Waals surface area (Å²) < 4.78 is 0. The standard InChI is InChI=1S/C21H20N4O2.2ClH/c22-13-15-3-1-5-18(11-15)20(26)24-14-16-4-2-6-19(12-16)25-21(27)17-7-9-23-10-8-17;;/h1-12H,13-14,22H2,(H,24,26)(H,25,27);2*1H. The van der Waals surface area contributed by atoms with E-state index >= 15 is 0 Å². The summed E-state index contributed by atoms with van der Waals surface area (Å²) in [5.74, 6) is -0.381. The van der Waals surface area contributed by atoms with Gasteiger partial charge in [0.25, 0.3) is 11.8 Å². The maximum atomic E-state index is 12.3. The topological polar surface area (TPSA) is 97.1 Å². The van der Waals surface area contributed by atoms with E-state index in [-0.39, 0.29) is 36.6 Å². The molecule has 0 atom stereocenters. The average molecular weight is 433 g/mol. The fourth-order valence-electron chi connectivity index (χ4n) is 2.59. The first-order valence-corrected chi connectivity index (χ1v) is 8.53. The van der Waals surface area contributed by atoms with Gasteiger partial charge in [-0.2, -0.15) is 0 Å². The molecule has 3 rings (SSSR count). The van der Waals surface area contributed by atoms with Crippen LogP contribution in [0.3, 0.4) is 0 Å². The Morgan fingerprint density at radius 3 is 2.24 bits per heavy atom. The zero-order valence-electron chi connectivity index (χ0n) is 15.5. The minimum absolute atomic E-state index is 0. The molecule has 4 N–H and O–H groups in total. The number of benzene rings is 2. The van der Waals surface area contributed by atoms with Crippen LogP contribution in [0.1, 0.15) is 31.8 Å². The third-order valence-corrected chi connectivity index (χ3v) is 4.01. The number of carbonyl (C=O) groups excluding carboxylic acids is 2. The molecule has 0 radical (unpaired) electrons. The van der Waals surface area contributed by atoms with Crippen molar-refractivity contribution in [2.45, 2.75) is 13.1 Å². The van der Waals surface area contributed by atoms with Crippen LogP contribution < -0.4 is 16.4 Å². The predicted octanol–water partition coefficient (Wildman–Crippen LogP) is 3.57. The first kappa shape index (κ1) is 24.1. The van der Waals surface area contributed by atoms with Crippen LogP contribution in [0, 0.1) is 0 Å². The van der Waals surface area contributed by atoms with Gasteiger partial charge in [0.1, 0.15) is 0 Å². The van der Waals surface area contributed by atoms with Crippen LogP contribution in [-0.2, 0) is 13.1 Å². The van der Waals surface area contributed by atoms with Crippen LogP contribution in [0.15, 0.2) is 73.1 Å². The molecule has 2 aromatic carbocycles. The molecule has 0 spiro atoms. The molecule has 0 aliphatic carbocycles. The number of hydrogen-bond donors (Lipinski definition) is 3. The van der Waals surface area contributed by atoms with Crippen LogP contribution in [0.25, 0.3) is 0 Å². The molecule has 0 unspecified atom stereocenters. The van der Waals surface area contributed by atoms with E-state index in [1.807, 2.05) is 30.3 Å². The largest absolute Gasteiger partial charge is 0.348 e. The summed E-state index contributed by atoms with van der Waals surface area (Å²) in [6, 6.07) is 17.9. The molecule has 0 aliphatic heterocycles. The van der Waals surface area contributed by atoms with Crippen molar-refractivity contribution in [3.8, 4) is 0 Å². The Morgan fingerprint density at radius 1 is 0.828 bits per heavy atom. The Bertz CT molecular complexity index is 952. The summed E-state index contributed by atoms with van der Waals surface area (Å²) in [6.07, 6.45) is 3.14. The molecular formula is C21H22Cl2N4O2. The Labute approximate surface area is 181 Å². The molecular weight excluding hydrogens is 411 g/mol. The first-order chi connectivity index (χ1) is 13.2. The lowest BCUT2D eigenvalue weighted by molar-refractivity contribution is 0.0949. The lowest BCUT2D eigenvalue weighted by Gasteiger charge is -2.09. The van der Waals surface area contributed by atoms with E-state index in [0.717, 1.165) is 11.1 Å². The third kappa shape index (κ3) is 6.87. The van der Waals surface area contributed by atoms with Crippen molar-refractivity contribution < 1.29 is 9.59 Å². The quantitative estimate of drug-likeness (QED) is 0.554. The number of amides is 2. The molecule has 29 heavy (non-hydrogen) atoms. The van der Waals surface area contributed by atoms with Gasteiger partial charge < -0.3 is 16.4 Å². The number of pyridine rings is 1. The molecule has 6 nitrogen and oxygen atoms in total. The number of aromatic nitrogens is 1. The highest BCUT2D eigenvalue weighted by Crippen LogP contribution is 2.13. The molecule has 1 aromatic heterocycles. The molecule has 0 saturated carbocycles. The van der Waals surface area contributed by atoms with Crippen molar-refractivity contribution in [2.24, 2.45) is 5.73 Å². The molecule has 0 bridgehead atoms. The van der Waals surface area contributed by atoms with Crippen LogP contribution in [0.2, 0.25) is 0 Å². The Kier molecular flexibility index (Phi) is 9.82. The SMILES string of the molecule is Cl.Cl.NCc1cccc(C(=O)NCc2cccc(NC(=O)c3ccncc3)c2)c1. The van der Waals surface area contributed by atoms with Gasteiger partial charge >= 0.3 is 0 Å². The zero-order valence-corrected chi connectivity index (χ0v) is 17.1. The highest BCUT2D eigenvalue weighted by molar-refractivity contribution is 6.04. The van der Waals surface area contributed by atoms with Crippen LogP contribution in [0.4, 0.5) is 5.69 Å². The van der Waals surface area contributed by atoms with Gasteiger partial charge in [-0.1, -0.05) is 24.3 Å². The number of anilines is 1. The fraction of sp³-hybridized carbons (Fsp3) is 0.0952. The summed E-state index contributed by atoms with van der Waals surface area (Å²) in [6.45, 7) is 0.741. The van der Waals surface area contributed by atoms with E-state index in [4.69, 9.17) is 5.73 Å². The monoisotopic (exact) mass is 432 g/mol. The molecule has 0 fully saturated rings. The summed E-state index contributed by atoms with van der Waals surface area (Å²) in [7, 11) is 0. The molecule has 3 aromatic rings. The Morgan fingerprint density at radius 2 is 1.52 bits per heavy atom. The molecule has 1 heterocycles. The van der Waals surface area contributed by atoms with Gasteiger partial charge in [0.05, 0.1) is 0 Å². The van der Waals surface area contributed by atoms with Crippen molar-refractivity contribution in [1.82, 2.24) is 10.3 Å². The van der Waals surface area contributed by atoms with E-state index in [1.165, 1.54) is 0 Å². The molecule has 0 saturated heterocycles. The lowest BCUT2D eigenvalue weighted by Crippen LogP contribution is -2.23. The summed E-state index contributed by atoms with van der Waals surface area (Å²) >= 11 is 0. The van der Waals surface area contributed by atoms with Gasteiger partial charge in [-0.3, -0.25) is 14.6 Å². The van der Waals surface area contributed by atoms with Crippen molar-refractivity contribution in [3.63, 3.8) is 0 Å². The number of nitrogens with zero attached hydrogens (tertiary/aromatic N) is 1. The Balaban J connectivity index is 0.00000210. The Hall–Kier alpha value is -2.93. The predicted molar refractivity (Wildman–Crippen MR) is 119 cm³/mol. The van der Waals surface area contributed by atoms with E-state index in [2.05, 4.69) is 15.6 Å². The molecule has 152 valence electrons. The minimum atomic E-state index is -0.211. The van der Waals surface area contributed by atoms with Crippen LogP contribution in [0.5, 0.6) is 0 Å². The number of nitrogens with one attached hydrogen (secondary N) is 2. The highest BCUT2D eigenvalue weighted by atomic mass is 35.5. The zero-order chi connectivity index (χ0) is 19.1. The fourth-order valence-corrected chi connectivity index (χ4v) is 2.59. The van der Waals surface area contributed by atoms with Gasteiger partial charge in [-0.05, 0) is 47.5 Å². The third-order valence-electron chi connectivity index (χ3n) is 4.01. The second kappa shape index (κ2) is 11.8. The summed E-state index contributed by atoms with van der Waals surface area (Å²) in [5.41, 5.74) is 9.16. The van der Waals surface area contributed by atoms with E-state index < -0.39 is 0 Å². The molecule has 8 heteroatoms. The molecule has 2 amide bonds. The van der Waals surface area contributed by atoms with Crippen molar-refractivity contribution in [3.05, 3.63) is 95.3 Å². The highest BCUT2D eigenvalue weighted by Gasteiger charge is 2.08. The van der Waals surface area contributed by atoms with Crippen molar-refractivity contribution >= 4 is 42.3 Å². The maximum absolute atomic E-state index is 12.3. The van der Waals surface area contributed by atoms with E-state index in [1.54, 1.807) is 42.7 Å². The van der Waals surface area contributed by atoms with Crippen LogP contribution in [-0.4, -0.2) is 16.8 Å². The number of halogens is 2. The molecule has 0 aliphatic rings. The van der Waals surface area contributed by atoms with Crippen molar-refractivity contribution in [1.29, 1.82) is 0 Å². The second-order valence-corrected chi connectivity index (χ2v) is 5.98. The van der Waals surface area contributed by atoms with Gasteiger partial charge in [0, 0.05) is 42.3 Å². The van der Waals surface area contributed by atoms with Gasteiger partial charge in [0.2, 0.25) is 0 Å². The summed E-state index contributed by atoms with van der Waals surface area (Å²) in [4.78, 5) is 28.4. The number of hydrogen-bond acceptors (Lipinski definition) is 4. The smallest absolute Gasteiger partial charge is 0.255 e. The average Bonchev–Trinajstić information content (AvgIpc) is 2.73. The second-order valence-electron chi connectivity index (χ2n) is 5.98. The van der Waals surface area contributed by atoms with Gasteiger partial charge in [-0.15, -0.1) is 24.8 Å². The summed E-state index contributed by atoms with van der Waals surface area (Å²) in [5, 5.41) is 5.72. The van der Waals surface area contributed by atoms with Gasteiger partial charge in [0.15, 0.2) is 0 Å². The first-order valence-electron chi connectivity index (χ1n) is 8.53. The number of nitrogens with two attached hydrogens (primary N) is 1. The van der Waals surface area contributed by atoms with Gasteiger partial charge in [-0.25, -0.2) is 0 Å². The van der Waals surface area contributed by atoms with E-state index in [9.17, 15) is 9.59 Å². The number of rotatable bonds is 6. The minimum Gasteiger partial charge on any atom is -0.348 e. The van der Waals surface area contributed by atoms with Crippen LogP contribution >= 0.6 is 24.8 Å². The number of carbonyl (C=O) groups is 2.